The molecule has 0 spiro atoms. The van der Waals surface area contributed by atoms with Gasteiger partial charge in [-0.1, -0.05) is 18.3 Å². The Morgan fingerprint density at radius 3 is 2.57 bits per heavy atom. The van der Waals surface area contributed by atoms with E-state index in [1.165, 1.54) is 0 Å². The second-order valence-corrected chi connectivity index (χ2v) is 7.99. The molecule has 0 saturated carbocycles. The fourth-order valence-corrected chi connectivity index (χ4v) is 4.38. The van der Waals surface area contributed by atoms with Crippen molar-refractivity contribution in [3.63, 3.8) is 0 Å². The molecule has 0 amide bonds. The predicted molar refractivity (Wildman–Crippen MR) is 87.9 cm³/mol. The molecule has 1 atom stereocenters. The lowest BCUT2D eigenvalue weighted by Gasteiger charge is -2.20. The molecule has 2 rings (SSSR count). The second-order valence-electron chi connectivity index (χ2n) is 5.61. The van der Waals surface area contributed by atoms with Crippen LogP contribution in [0.25, 0.3) is 0 Å². The van der Waals surface area contributed by atoms with Crippen LogP contribution >= 0.6 is 12.2 Å². The highest BCUT2D eigenvalue weighted by Gasteiger charge is 2.33. The molecular weight excluding hydrogens is 306 g/mol. The molecule has 0 radical (unpaired) electrons. The summed E-state index contributed by atoms with van der Waals surface area (Å²) < 4.78 is 26.9. The molecular formula is C14H21N3O2S2. The number of benzene rings is 1. The van der Waals surface area contributed by atoms with E-state index in [0.717, 1.165) is 17.5 Å². The van der Waals surface area contributed by atoms with Crippen LogP contribution in [0.1, 0.15) is 17.5 Å². The van der Waals surface area contributed by atoms with E-state index in [1.807, 2.05) is 21.0 Å². The fraction of sp³-hybridized carbons (Fsp3) is 0.500. The van der Waals surface area contributed by atoms with E-state index in [-0.39, 0.29) is 11.0 Å². The van der Waals surface area contributed by atoms with Crippen LogP contribution in [-0.2, 0) is 10.0 Å². The number of aryl methyl sites for hydroxylation is 1. The van der Waals surface area contributed by atoms with Gasteiger partial charge in [0.05, 0.1) is 4.90 Å². The first-order valence-electron chi connectivity index (χ1n) is 6.80. The molecule has 1 aliphatic heterocycles. The standard InChI is InChI=1S/C14H21N3O2S2/c1-10-8-12(4-5-13(10)14(15)20)21(18,19)17-7-6-11(9-17)16(2)3/h4-5,8,11H,6-7,9H2,1-3H3,(H2,15,20). The molecule has 1 unspecified atom stereocenters. The minimum absolute atomic E-state index is 0.275. The molecule has 5 nitrogen and oxygen atoms in total. The van der Waals surface area contributed by atoms with Crippen molar-refractivity contribution >= 4 is 27.2 Å². The highest BCUT2D eigenvalue weighted by molar-refractivity contribution is 7.89. The first-order chi connectivity index (χ1) is 9.73. The van der Waals surface area contributed by atoms with E-state index in [2.05, 4.69) is 4.90 Å². The molecule has 0 bridgehead atoms. The second kappa shape index (κ2) is 6.00. The molecule has 0 aliphatic carbocycles. The Kier molecular flexibility index (Phi) is 4.67. The van der Waals surface area contributed by atoms with Crippen LogP contribution in [0.15, 0.2) is 23.1 Å². The lowest BCUT2D eigenvalue weighted by atomic mass is 10.1. The monoisotopic (exact) mass is 327 g/mol. The lowest BCUT2D eigenvalue weighted by Crippen LogP contribution is -2.34. The summed E-state index contributed by atoms with van der Waals surface area (Å²) in [5, 5.41) is 0. The average Bonchev–Trinajstić information content (AvgIpc) is 2.88. The van der Waals surface area contributed by atoms with Crippen molar-refractivity contribution in [1.29, 1.82) is 0 Å². The molecule has 21 heavy (non-hydrogen) atoms. The molecule has 1 fully saturated rings. The smallest absolute Gasteiger partial charge is 0.243 e. The van der Waals surface area contributed by atoms with E-state index >= 15 is 0 Å². The number of hydrogen-bond donors (Lipinski definition) is 1. The first kappa shape index (κ1) is 16.4. The van der Waals surface area contributed by atoms with Gasteiger partial charge in [-0.05, 0) is 45.1 Å². The molecule has 1 aromatic rings. The van der Waals surface area contributed by atoms with E-state index < -0.39 is 10.0 Å². The van der Waals surface area contributed by atoms with E-state index in [1.54, 1.807) is 22.5 Å². The number of hydrogen-bond acceptors (Lipinski definition) is 4. The van der Waals surface area contributed by atoms with E-state index in [0.29, 0.717) is 18.0 Å². The van der Waals surface area contributed by atoms with Gasteiger partial charge in [-0.3, -0.25) is 0 Å². The van der Waals surface area contributed by atoms with Crippen LogP contribution in [0.3, 0.4) is 0 Å². The molecule has 7 heteroatoms. The Hall–Kier alpha value is -1.02. The van der Waals surface area contributed by atoms with Gasteiger partial charge in [-0.15, -0.1) is 0 Å². The van der Waals surface area contributed by atoms with Gasteiger partial charge >= 0.3 is 0 Å². The zero-order valence-corrected chi connectivity index (χ0v) is 14.2. The van der Waals surface area contributed by atoms with Gasteiger partial charge < -0.3 is 10.6 Å². The number of nitrogens with two attached hydrogens (primary N) is 1. The van der Waals surface area contributed by atoms with Gasteiger partial charge in [0.1, 0.15) is 4.99 Å². The minimum Gasteiger partial charge on any atom is -0.389 e. The lowest BCUT2D eigenvalue weighted by molar-refractivity contribution is 0.302. The van der Waals surface area contributed by atoms with E-state index in [9.17, 15) is 8.42 Å². The van der Waals surface area contributed by atoms with Crippen LogP contribution in [0.2, 0.25) is 0 Å². The van der Waals surface area contributed by atoms with Crippen molar-refractivity contribution in [3.8, 4) is 0 Å². The summed E-state index contributed by atoms with van der Waals surface area (Å²) in [6, 6.07) is 5.19. The van der Waals surface area contributed by atoms with Crippen LogP contribution in [0, 0.1) is 6.92 Å². The molecule has 1 saturated heterocycles. The maximum atomic E-state index is 12.7. The van der Waals surface area contributed by atoms with Crippen LogP contribution < -0.4 is 5.73 Å². The van der Waals surface area contributed by atoms with Crippen molar-refractivity contribution in [2.75, 3.05) is 27.2 Å². The van der Waals surface area contributed by atoms with Gasteiger partial charge in [-0.25, -0.2) is 8.42 Å². The Morgan fingerprint density at radius 2 is 2.10 bits per heavy atom. The highest BCUT2D eigenvalue weighted by atomic mass is 32.2. The van der Waals surface area contributed by atoms with Crippen LogP contribution in [0.5, 0.6) is 0 Å². The summed E-state index contributed by atoms with van der Waals surface area (Å²) in [5.41, 5.74) is 7.12. The van der Waals surface area contributed by atoms with Gasteiger partial charge in [0.25, 0.3) is 0 Å². The number of rotatable bonds is 4. The van der Waals surface area contributed by atoms with E-state index in [4.69, 9.17) is 18.0 Å². The third-order valence-corrected chi connectivity index (χ3v) is 6.04. The molecule has 1 aliphatic rings. The van der Waals surface area contributed by atoms with Gasteiger partial charge in [0, 0.05) is 24.7 Å². The summed E-state index contributed by atoms with van der Waals surface area (Å²) in [5.74, 6) is 0. The van der Waals surface area contributed by atoms with Crippen molar-refractivity contribution in [3.05, 3.63) is 29.3 Å². The SMILES string of the molecule is Cc1cc(S(=O)(=O)N2CCC(N(C)C)C2)ccc1C(N)=S. The fourth-order valence-electron chi connectivity index (χ4n) is 2.57. The van der Waals surface area contributed by atoms with Crippen molar-refractivity contribution in [2.45, 2.75) is 24.3 Å². The molecule has 2 N–H and O–H groups in total. The quantitative estimate of drug-likeness (QED) is 0.834. The summed E-state index contributed by atoms with van der Waals surface area (Å²) in [6.07, 6.45) is 0.857. The third kappa shape index (κ3) is 3.26. The van der Waals surface area contributed by atoms with Gasteiger partial charge in [0.15, 0.2) is 0 Å². The first-order valence-corrected chi connectivity index (χ1v) is 8.65. The zero-order chi connectivity index (χ0) is 15.8. The topological polar surface area (TPSA) is 66.6 Å². The Labute approximate surface area is 131 Å². The molecule has 0 aromatic heterocycles. The van der Waals surface area contributed by atoms with Crippen molar-refractivity contribution in [1.82, 2.24) is 9.21 Å². The van der Waals surface area contributed by atoms with Crippen molar-refractivity contribution < 1.29 is 8.42 Å². The third-order valence-electron chi connectivity index (χ3n) is 3.96. The molecule has 1 heterocycles. The normalized spacial score (nSPS) is 20.1. The van der Waals surface area contributed by atoms with Crippen LogP contribution in [-0.4, -0.2) is 55.8 Å². The number of sulfonamides is 1. The van der Waals surface area contributed by atoms with Crippen molar-refractivity contribution in [2.24, 2.45) is 5.73 Å². The maximum absolute atomic E-state index is 12.7. The number of thiocarbonyl (C=S) groups is 1. The number of nitrogens with zero attached hydrogens (tertiary/aromatic N) is 2. The summed E-state index contributed by atoms with van der Waals surface area (Å²) >= 11 is 4.95. The Balaban J connectivity index is 2.29. The largest absolute Gasteiger partial charge is 0.389 e. The number of likely N-dealkylation sites (N-methyl/N-ethyl adjacent to an activating group) is 1. The van der Waals surface area contributed by atoms with Gasteiger partial charge in [-0.2, -0.15) is 4.31 Å². The molecule has 116 valence electrons. The summed E-state index contributed by atoms with van der Waals surface area (Å²) in [4.78, 5) is 2.65. The highest BCUT2D eigenvalue weighted by Crippen LogP contribution is 2.24. The summed E-state index contributed by atoms with van der Waals surface area (Å²) in [7, 11) is 0.501. The van der Waals surface area contributed by atoms with Crippen LogP contribution in [0.4, 0.5) is 0 Å². The Morgan fingerprint density at radius 1 is 1.43 bits per heavy atom. The minimum atomic E-state index is -3.45. The average molecular weight is 327 g/mol. The summed E-state index contributed by atoms with van der Waals surface area (Å²) in [6.45, 7) is 2.91. The predicted octanol–water partition coefficient (Wildman–Crippen LogP) is 0.954. The van der Waals surface area contributed by atoms with Gasteiger partial charge in [0.2, 0.25) is 10.0 Å². The zero-order valence-electron chi connectivity index (χ0n) is 12.5. The maximum Gasteiger partial charge on any atom is 0.243 e. The Bertz CT molecular complexity index is 656. The molecule has 1 aromatic carbocycles.